The monoisotopic (exact) mass is 379 g/mol. The lowest BCUT2D eigenvalue weighted by atomic mass is 9.80. The minimum absolute atomic E-state index is 0.0567. The summed E-state index contributed by atoms with van der Waals surface area (Å²) in [5, 5.41) is 2.63. The van der Waals surface area contributed by atoms with Gasteiger partial charge in [-0.25, -0.2) is 4.79 Å². The molecule has 3 aromatic rings. The SMILES string of the molecule is CCOC(=O)C1=C(N)Oc2ccc3ccccc3c2[C@@H]1c1cccc(Cl)c1. The zero-order chi connectivity index (χ0) is 19.0. The molecule has 1 aliphatic heterocycles. The van der Waals surface area contributed by atoms with Gasteiger partial charge in [-0.15, -0.1) is 0 Å². The average Bonchev–Trinajstić information content (AvgIpc) is 2.66. The molecule has 27 heavy (non-hydrogen) atoms. The lowest BCUT2D eigenvalue weighted by molar-refractivity contribution is -0.139. The van der Waals surface area contributed by atoms with Crippen LogP contribution in [-0.2, 0) is 9.53 Å². The number of nitrogens with two attached hydrogens (primary N) is 1. The van der Waals surface area contributed by atoms with Crippen molar-refractivity contribution >= 4 is 28.3 Å². The molecule has 0 bridgehead atoms. The van der Waals surface area contributed by atoms with Crippen LogP contribution in [0.15, 0.2) is 72.1 Å². The number of esters is 1. The highest BCUT2D eigenvalue weighted by Crippen LogP contribution is 2.46. The molecule has 0 fully saturated rings. The maximum Gasteiger partial charge on any atom is 0.340 e. The molecule has 1 atom stereocenters. The predicted molar refractivity (Wildman–Crippen MR) is 106 cm³/mol. The molecule has 136 valence electrons. The normalized spacial score (nSPS) is 16.0. The molecule has 0 saturated carbocycles. The molecular weight excluding hydrogens is 362 g/mol. The van der Waals surface area contributed by atoms with Crippen LogP contribution in [-0.4, -0.2) is 12.6 Å². The molecule has 0 spiro atoms. The second kappa shape index (κ2) is 6.97. The fourth-order valence-electron chi connectivity index (χ4n) is 3.57. The predicted octanol–water partition coefficient (Wildman–Crippen LogP) is 4.75. The minimum atomic E-state index is -0.487. The quantitative estimate of drug-likeness (QED) is 0.667. The summed E-state index contributed by atoms with van der Waals surface area (Å²) in [6, 6.07) is 19.3. The van der Waals surface area contributed by atoms with E-state index < -0.39 is 11.9 Å². The fourth-order valence-corrected chi connectivity index (χ4v) is 3.77. The highest BCUT2D eigenvalue weighted by atomic mass is 35.5. The first-order chi connectivity index (χ1) is 13.1. The summed E-state index contributed by atoms with van der Waals surface area (Å²) in [6.45, 7) is 2.01. The van der Waals surface area contributed by atoms with Gasteiger partial charge < -0.3 is 15.2 Å². The van der Waals surface area contributed by atoms with Crippen molar-refractivity contribution in [1.82, 2.24) is 0 Å². The molecule has 0 saturated heterocycles. The Balaban J connectivity index is 2.02. The van der Waals surface area contributed by atoms with E-state index in [1.807, 2.05) is 54.6 Å². The second-order valence-corrected chi connectivity index (χ2v) is 6.72. The Morgan fingerprint density at radius 2 is 1.96 bits per heavy atom. The Labute approximate surface area is 162 Å². The van der Waals surface area contributed by atoms with E-state index in [-0.39, 0.29) is 12.5 Å². The first-order valence-electron chi connectivity index (χ1n) is 8.72. The van der Waals surface area contributed by atoms with Gasteiger partial charge in [-0.3, -0.25) is 0 Å². The van der Waals surface area contributed by atoms with Crippen molar-refractivity contribution in [3.05, 3.63) is 88.3 Å². The molecule has 1 aliphatic rings. The van der Waals surface area contributed by atoms with Gasteiger partial charge in [0.15, 0.2) is 0 Å². The first-order valence-corrected chi connectivity index (χ1v) is 9.09. The van der Waals surface area contributed by atoms with E-state index in [0.29, 0.717) is 16.3 Å². The zero-order valence-electron chi connectivity index (χ0n) is 14.7. The third kappa shape index (κ3) is 3.02. The molecular formula is C22H18ClNO3. The number of halogens is 1. The standard InChI is InChI=1S/C22H18ClNO3/c1-2-26-22(25)20-18(14-7-5-8-15(23)12-14)19-16-9-4-3-6-13(16)10-11-17(19)27-21(20)24/h3-12,18H,2,24H2,1H3/t18-/m0/s1. The molecule has 3 aromatic carbocycles. The lowest BCUT2D eigenvalue weighted by Gasteiger charge is -2.29. The summed E-state index contributed by atoms with van der Waals surface area (Å²) in [4.78, 5) is 12.7. The number of benzene rings is 3. The van der Waals surface area contributed by atoms with Crippen molar-refractivity contribution in [2.45, 2.75) is 12.8 Å². The van der Waals surface area contributed by atoms with Crippen molar-refractivity contribution < 1.29 is 14.3 Å². The number of ether oxygens (including phenoxy) is 2. The Hall–Kier alpha value is -2.98. The summed E-state index contributed by atoms with van der Waals surface area (Å²) in [5.41, 5.74) is 8.19. The van der Waals surface area contributed by atoms with Gasteiger partial charge >= 0.3 is 5.97 Å². The molecule has 2 N–H and O–H groups in total. The van der Waals surface area contributed by atoms with Crippen molar-refractivity contribution in [2.24, 2.45) is 5.73 Å². The van der Waals surface area contributed by atoms with Crippen LogP contribution in [0.2, 0.25) is 5.02 Å². The van der Waals surface area contributed by atoms with E-state index >= 15 is 0 Å². The van der Waals surface area contributed by atoms with Crippen LogP contribution in [0.25, 0.3) is 10.8 Å². The van der Waals surface area contributed by atoms with Crippen LogP contribution in [0.5, 0.6) is 5.75 Å². The number of carbonyl (C=O) groups is 1. The van der Waals surface area contributed by atoms with Gasteiger partial charge in [-0.05, 0) is 41.5 Å². The summed E-state index contributed by atoms with van der Waals surface area (Å²) < 4.78 is 11.1. The molecule has 0 amide bonds. The lowest BCUT2D eigenvalue weighted by Crippen LogP contribution is -2.27. The van der Waals surface area contributed by atoms with Gasteiger partial charge in [-0.2, -0.15) is 0 Å². The van der Waals surface area contributed by atoms with E-state index in [1.54, 1.807) is 13.0 Å². The van der Waals surface area contributed by atoms with Crippen LogP contribution in [0.3, 0.4) is 0 Å². The van der Waals surface area contributed by atoms with E-state index in [4.69, 9.17) is 26.8 Å². The molecule has 4 rings (SSSR count). The second-order valence-electron chi connectivity index (χ2n) is 6.29. The number of hydrogen-bond acceptors (Lipinski definition) is 4. The van der Waals surface area contributed by atoms with Crippen LogP contribution in [0, 0.1) is 0 Å². The van der Waals surface area contributed by atoms with Crippen LogP contribution < -0.4 is 10.5 Å². The molecule has 5 heteroatoms. The van der Waals surface area contributed by atoms with Gasteiger partial charge in [0, 0.05) is 10.6 Å². The van der Waals surface area contributed by atoms with Crippen molar-refractivity contribution in [3.8, 4) is 5.75 Å². The maximum absolute atomic E-state index is 12.7. The Morgan fingerprint density at radius 1 is 1.15 bits per heavy atom. The number of hydrogen-bond donors (Lipinski definition) is 1. The molecule has 0 unspecified atom stereocenters. The molecule has 0 radical (unpaired) electrons. The van der Waals surface area contributed by atoms with Gasteiger partial charge in [0.2, 0.25) is 5.88 Å². The van der Waals surface area contributed by atoms with Crippen LogP contribution in [0.1, 0.15) is 24.0 Å². The van der Waals surface area contributed by atoms with Gasteiger partial charge in [0.1, 0.15) is 11.3 Å². The Bertz CT molecular complexity index is 1070. The maximum atomic E-state index is 12.7. The summed E-state index contributed by atoms with van der Waals surface area (Å²) in [7, 11) is 0. The average molecular weight is 380 g/mol. The highest BCUT2D eigenvalue weighted by molar-refractivity contribution is 6.30. The van der Waals surface area contributed by atoms with Crippen LogP contribution in [0.4, 0.5) is 0 Å². The highest BCUT2D eigenvalue weighted by Gasteiger charge is 2.36. The third-order valence-corrected chi connectivity index (χ3v) is 4.91. The van der Waals surface area contributed by atoms with Gasteiger partial charge in [0.25, 0.3) is 0 Å². The third-order valence-electron chi connectivity index (χ3n) is 4.67. The van der Waals surface area contributed by atoms with E-state index in [9.17, 15) is 4.79 Å². The number of fused-ring (bicyclic) bond motifs is 3. The van der Waals surface area contributed by atoms with E-state index in [2.05, 4.69) is 0 Å². The van der Waals surface area contributed by atoms with E-state index in [0.717, 1.165) is 21.9 Å². The minimum Gasteiger partial charge on any atom is -0.462 e. The van der Waals surface area contributed by atoms with Gasteiger partial charge in [-0.1, -0.05) is 54.1 Å². The number of rotatable bonds is 3. The van der Waals surface area contributed by atoms with Crippen molar-refractivity contribution in [1.29, 1.82) is 0 Å². The molecule has 0 aliphatic carbocycles. The first kappa shape index (κ1) is 17.4. The summed E-state index contributed by atoms with van der Waals surface area (Å²) in [5.74, 6) is -0.235. The Kier molecular flexibility index (Phi) is 4.50. The van der Waals surface area contributed by atoms with E-state index in [1.165, 1.54) is 0 Å². The molecule has 0 aromatic heterocycles. The van der Waals surface area contributed by atoms with Gasteiger partial charge in [0.05, 0.1) is 12.5 Å². The van der Waals surface area contributed by atoms with Crippen LogP contribution >= 0.6 is 11.6 Å². The summed E-state index contributed by atoms with van der Waals surface area (Å²) in [6.07, 6.45) is 0. The topological polar surface area (TPSA) is 61.5 Å². The summed E-state index contributed by atoms with van der Waals surface area (Å²) >= 11 is 6.24. The Morgan fingerprint density at radius 3 is 2.74 bits per heavy atom. The fraction of sp³-hybridized carbons (Fsp3) is 0.136. The van der Waals surface area contributed by atoms with Crippen molar-refractivity contribution in [2.75, 3.05) is 6.61 Å². The number of carbonyl (C=O) groups excluding carboxylic acids is 1. The van der Waals surface area contributed by atoms with Crippen molar-refractivity contribution in [3.63, 3.8) is 0 Å². The zero-order valence-corrected chi connectivity index (χ0v) is 15.5. The largest absolute Gasteiger partial charge is 0.462 e. The molecule has 1 heterocycles. The molecule has 4 nitrogen and oxygen atoms in total. The smallest absolute Gasteiger partial charge is 0.340 e.